The molecule has 0 saturated heterocycles. The Bertz CT molecular complexity index is 1110. The minimum Gasteiger partial charge on any atom is -0.444 e. The third kappa shape index (κ3) is 7.29. The fourth-order valence-corrected chi connectivity index (χ4v) is 4.49. The second kappa shape index (κ2) is 10.0. The van der Waals surface area contributed by atoms with Crippen LogP contribution in [0.2, 0.25) is 0 Å². The molecule has 11 heteroatoms. The van der Waals surface area contributed by atoms with Crippen LogP contribution in [0.5, 0.6) is 0 Å². The maximum atomic E-state index is 12.9. The third-order valence-electron chi connectivity index (χ3n) is 4.37. The van der Waals surface area contributed by atoms with Gasteiger partial charge in [-0.3, -0.25) is 14.8 Å². The highest BCUT2D eigenvalue weighted by Gasteiger charge is 2.41. The number of alkyl carbamates (subject to hydrolysis) is 1. The molecule has 0 heterocycles. The SMILES string of the molecule is CC(C)(C)OC(=O)NC(C)(CS(=O)(=O)c1ccc(NC(=O)c2ccccc2)cc1)C(=O)NO. The molecule has 0 aliphatic heterocycles. The molecular weight excluding hydrogens is 450 g/mol. The first-order valence-electron chi connectivity index (χ1n) is 9.91. The molecule has 2 aromatic rings. The average Bonchev–Trinajstić information content (AvgIpc) is 2.72. The van der Waals surface area contributed by atoms with Gasteiger partial charge in [0.1, 0.15) is 11.1 Å². The molecule has 0 spiro atoms. The lowest BCUT2D eigenvalue weighted by molar-refractivity contribution is -0.134. The molecule has 1 atom stereocenters. The zero-order chi connectivity index (χ0) is 24.9. The molecule has 0 radical (unpaired) electrons. The summed E-state index contributed by atoms with van der Waals surface area (Å²) in [4.78, 5) is 36.5. The van der Waals surface area contributed by atoms with Crippen molar-refractivity contribution < 1.29 is 32.7 Å². The van der Waals surface area contributed by atoms with E-state index in [9.17, 15) is 22.8 Å². The normalized spacial score (nSPS) is 13.4. The number of nitrogens with one attached hydrogen (secondary N) is 3. The molecule has 0 aromatic heterocycles. The molecule has 4 N–H and O–H groups in total. The quantitative estimate of drug-likeness (QED) is 0.353. The molecule has 0 bridgehead atoms. The van der Waals surface area contributed by atoms with E-state index in [2.05, 4.69) is 10.6 Å². The zero-order valence-corrected chi connectivity index (χ0v) is 19.5. The summed E-state index contributed by atoms with van der Waals surface area (Å²) in [6, 6.07) is 13.8. The first-order valence-corrected chi connectivity index (χ1v) is 11.6. The third-order valence-corrected chi connectivity index (χ3v) is 6.31. The van der Waals surface area contributed by atoms with Crippen molar-refractivity contribution >= 4 is 33.4 Å². The number of carbonyl (C=O) groups is 3. The van der Waals surface area contributed by atoms with E-state index in [0.717, 1.165) is 6.92 Å². The van der Waals surface area contributed by atoms with Gasteiger partial charge in [0, 0.05) is 11.3 Å². The minimum atomic E-state index is -4.11. The van der Waals surface area contributed by atoms with E-state index in [1.165, 1.54) is 29.7 Å². The van der Waals surface area contributed by atoms with Gasteiger partial charge in [-0.2, -0.15) is 0 Å². The standard InChI is InChI=1S/C22H27N3O7S/c1-21(2,3)32-20(28)24-22(4,19(27)25-29)14-33(30,31)17-12-10-16(11-13-17)23-18(26)15-8-6-5-7-9-15/h5-13,29H,14H2,1-4H3,(H,23,26)(H,24,28)(H,25,27). The van der Waals surface area contributed by atoms with E-state index in [-0.39, 0.29) is 10.8 Å². The average molecular weight is 478 g/mol. The summed E-state index contributed by atoms with van der Waals surface area (Å²) >= 11 is 0. The van der Waals surface area contributed by atoms with Crippen LogP contribution < -0.4 is 16.1 Å². The topological polar surface area (TPSA) is 151 Å². The van der Waals surface area contributed by atoms with Crippen LogP contribution in [-0.2, 0) is 19.4 Å². The minimum absolute atomic E-state index is 0.150. The Balaban J connectivity index is 2.19. The van der Waals surface area contributed by atoms with Crippen LogP contribution in [-0.4, -0.2) is 48.4 Å². The smallest absolute Gasteiger partial charge is 0.408 e. The van der Waals surface area contributed by atoms with E-state index >= 15 is 0 Å². The highest BCUT2D eigenvalue weighted by Crippen LogP contribution is 2.21. The fourth-order valence-electron chi connectivity index (χ4n) is 2.81. The lowest BCUT2D eigenvalue weighted by Crippen LogP contribution is -2.60. The number of hydroxylamine groups is 1. The maximum absolute atomic E-state index is 12.9. The highest BCUT2D eigenvalue weighted by atomic mass is 32.2. The molecule has 3 amide bonds. The number of benzene rings is 2. The van der Waals surface area contributed by atoms with Gasteiger partial charge in [-0.1, -0.05) is 18.2 Å². The molecule has 0 saturated carbocycles. The Hall–Kier alpha value is -3.44. The van der Waals surface area contributed by atoms with E-state index in [4.69, 9.17) is 9.94 Å². The molecule has 0 aliphatic carbocycles. The molecule has 178 valence electrons. The Labute approximate surface area is 192 Å². The Morgan fingerprint density at radius 2 is 1.52 bits per heavy atom. The van der Waals surface area contributed by atoms with Crippen molar-refractivity contribution in [2.45, 2.75) is 43.7 Å². The summed E-state index contributed by atoms with van der Waals surface area (Å²) < 4.78 is 31.0. The predicted molar refractivity (Wildman–Crippen MR) is 121 cm³/mol. The lowest BCUT2D eigenvalue weighted by Gasteiger charge is -2.29. The van der Waals surface area contributed by atoms with Gasteiger partial charge in [0.15, 0.2) is 9.84 Å². The van der Waals surface area contributed by atoms with Gasteiger partial charge in [0.25, 0.3) is 11.8 Å². The fraction of sp³-hybridized carbons (Fsp3) is 0.318. The van der Waals surface area contributed by atoms with Crippen molar-refractivity contribution in [2.75, 3.05) is 11.1 Å². The van der Waals surface area contributed by atoms with Gasteiger partial charge < -0.3 is 15.4 Å². The first kappa shape index (κ1) is 25.8. The van der Waals surface area contributed by atoms with Crippen LogP contribution in [0.4, 0.5) is 10.5 Å². The van der Waals surface area contributed by atoms with Gasteiger partial charge in [-0.25, -0.2) is 18.7 Å². The summed E-state index contributed by atoms with van der Waals surface area (Å²) in [6.45, 7) is 5.95. The van der Waals surface area contributed by atoms with Crippen molar-refractivity contribution in [1.82, 2.24) is 10.8 Å². The van der Waals surface area contributed by atoms with Crippen molar-refractivity contribution in [1.29, 1.82) is 0 Å². The van der Waals surface area contributed by atoms with Crippen molar-refractivity contribution in [3.63, 3.8) is 0 Å². The Kier molecular flexibility index (Phi) is 7.83. The first-order chi connectivity index (χ1) is 15.3. The number of sulfone groups is 1. The molecule has 33 heavy (non-hydrogen) atoms. The number of carbonyl (C=O) groups excluding carboxylic acids is 3. The number of rotatable bonds is 7. The largest absolute Gasteiger partial charge is 0.444 e. The van der Waals surface area contributed by atoms with Gasteiger partial charge in [-0.05, 0) is 64.1 Å². The molecule has 2 rings (SSSR count). The summed E-state index contributed by atoms with van der Waals surface area (Å²) in [5, 5.41) is 13.9. The van der Waals surface area contributed by atoms with Crippen LogP contribution in [0.25, 0.3) is 0 Å². The molecule has 1 unspecified atom stereocenters. The maximum Gasteiger partial charge on any atom is 0.408 e. The summed E-state index contributed by atoms with van der Waals surface area (Å²) in [5.74, 6) is -2.36. The molecule has 0 fully saturated rings. The molecule has 2 aromatic carbocycles. The van der Waals surface area contributed by atoms with Crippen molar-refractivity contribution in [3.05, 3.63) is 60.2 Å². The van der Waals surface area contributed by atoms with Crippen LogP contribution in [0, 0.1) is 0 Å². The van der Waals surface area contributed by atoms with Gasteiger partial charge >= 0.3 is 6.09 Å². The lowest BCUT2D eigenvalue weighted by atomic mass is 10.1. The number of amides is 3. The van der Waals surface area contributed by atoms with E-state index < -0.39 is 38.7 Å². The molecule has 10 nitrogen and oxygen atoms in total. The van der Waals surface area contributed by atoms with Gasteiger partial charge in [-0.15, -0.1) is 0 Å². The Morgan fingerprint density at radius 1 is 0.939 bits per heavy atom. The van der Waals surface area contributed by atoms with E-state index in [1.54, 1.807) is 51.1 Å². The van der Waals surface area contributed by atoms with Gasteiger partial charge in [0.2, 0.25) is 0 Å². The Morgan fingerprint density at radius 3 is 2.03 bits per heavy atom. The highest BCUT2D eigenvalue weighted by molar-refractivity contribution is 7.91. The summed E-state index contributed by atoms with van der Waals surface area (Å²) in [5.41, 5.74) is -0.744. The molecule has 0 aliphatic rings. The number of ether oxygens (including phenoxy) is 1. The molecular formula is C22H27N3O7S. The van der Waals surface area contributed by atoms with E-state index in [0.29, 0.717) is 11.3 Å². The number of hydrogen-bond acceptors (Lipinski definition) is 7. The number of anilines is 1. The van der Waals surface area contributed by atoms with Gasteiger partial charge in [0.05, 0.1) is 10.6 Å². The number of hydrogen-bond donors (Lipinski definition) is 4. The van der Waals surface area contributed by atoms with Crippen molar-refractivity contribution in [3.8, 4) is 0 Å². The zero-order valence-electron chi connectivity index (χ0n) is 18.7. The monoisotopic (exact) mass is 477 g/mol. The van der Waals surface area contributed by atoms with Crippen LogP contribution in [0.3, 0.4) is 0 Å². The summed E-state index contributed by atoms with van der Waals surface area (Å²) in [6.07, 6.45) is -1.03. The van der Waals surface area contributed by atoms with Crippen molar-refractivity contribution in [2.24, 2.45) is 0 Å². The second-order valence-electron chi connectivity index (χ2n) is 8.50. The van der Waals surface area contributed by atoms with Crippen LogP contribution >= 0.6 is 0 Å². The second-order valence-corrected chi connectivity index (χ2v) is 10.5. The van der Waals surface area contributed by atoms with Crippen LogP contribution in [0.15, 0.2) is 59.5 Å². The predicted octanol–water partition coefficient (Wildman–Crippen LogP) is 2.50. The van der Waals surface area contributed by atoms with E-state index in [1.807, 2.05) is 0 Å². The van der Waals surface area contributed by atoms with Crippen LogP contribution in [0.1, 0.15) is 38.1 Å². The summed E-state index contributed by atoms with van der Waals surface area (Å²) in [7, 11) is -4.11.